The Labute approximate surface area is 208 Å². The van der Waals surface area contributed by atoms with E-state index in [2.05, 4.69) is 33.4 Å². The molecule has 2 N–H and O–H groups in total. The van der Waals surface area contributed by atoms with E-state index in [-0.39, 0.29) is 11.9 Å². The summed E-state index contributed by atoms with van der Waals surface area (Å²) in [4.78, 5) is 33.4. The van der Waals surface area contributed by atoms with Gasteiger partial charge in [-0.3, -0.25) is 9.89 Å². The van der Waals surface area contributed by atoms with Crippen molar-refractivity contribution < 1.29 is 9.59 Å². The molecule has 190 valence electrons. The Morgan fingerprint density at radius 3 is 2.46 bits per heavy atom. The van der Waals surface area contributed by atoms with Gasteiger partial charge in [-0.2, -0.15) is 5.10 Å². The molecule has 0 bridgehead atoms. The van der Waals surface area contributed by atoms with Gasteiger partial charge in [-0.15, -0.1) is 0 Å². The summed E-state index contributed by atoms with van der Waals surface area (Å²) in [5.41, 5.74) is 2.01. The highest BCUT2D eigenvalue weighted by Gasteiger charge is 2.33. The Bertz CT molecular complexity index is 1000. The quantitative estimate of drug-likeness (QED) is 0.687. The Morgan fingerprint density at radius 1 is 1.00 bits per heavy atom. The second-order valence-electron chi connectivity index (χ2n) is 10.8. The molecule has 4 heterocycles. The van der Waals surface area contributed by atoms with Crippen molar-refractivity contribution in [3.8, 4) is 0 Å². The summed E-state index contributed by atoms with van der Waals surface area (Å²) in [6, 6.07) is 6.01. The first-order valence-electron chi connectivity index (χ1n) is 13.6. The second kappa shape index (κ2) is 11.0. The summed E-state index contributed by atoms with van der Waals surface area (Å²) in [5.74, 6) is 0.701. The molecule has 3 aliphatic heterocycles. The lowest BCUT2D eigenvalue weighted by molar-refractivity contribution is -0.134. The maximum absolute atomic E-state index is 13.7. The number of piperidine rings is 3. The SMILES string of the molecule is CC1CCN(C(=O)NC(Cc2ccc3[nH]ncc3c2)C(=O)N2CCC(N3CCCCC3)CC2)CC1. The van der Waals surface area contributed by atoms with Crippen molar-refractivity contribution >= 4 is 22.8 Å². The van der Waals surface area contributed by atoms with Crippen LogP contribution in [0.25, 0.3) is 10.9 Å². The van der Waals surface area contributed by atoms with Crippen molar-refractivity contribution in [2.75, 3.05) is 39.3 Å². The molecule has 8 heteroatoms. The van der Waals surface area contributed by atoms with Gasteiger partial charge in [0.2, 0.25) is 5.91 Å². The van der Waals surface area contributed by atoms with Gasteiger partial charge in [0.25, 0.3) is 0 Å². The number of amides is 3. The molecule has 3 fully saturated rings. The molecule has 1 unspecified atom stereocenters. The fourth-order valence-corrected chi connectivity index (χ4v) is 5.96. The molecule has 1 aromatic heterocycles. The van der Waals surface area contributed by atoms with Crippen LogP contribution in [0.1, 0.15) is 57.4 Å². The third-order valence-corrected chi connectivity index (χ3v) is 8.29. The molecular formula is C27H40N6O2. The maximum atomic E-state index is 13.7. The van der Waals surface area contributed by atoms with E-state index in [1.165, 1.54) is 32.4 Å². The molecular weight excluding hydrogens is 440 g/mol. The van der Waals surface area contributed by atoms with Gasteiger partial charge < -0.3 is 20.0 Å². The zero-order chi connectivity index (χ0) is 24.2. The van der Waals surface area contributed by atoms with Crippen molar-refractivity contribution in [1.29, 1.82) is 0 Å². The molecule has 5 rings (SSSR count). The van der Waals surface area contributed by atoms with Crippen LogP contribution in [0.2, 0.25) is 0 Å². The van der Waals surface area contributed by atoms with Crippen LogP contribution in [-0.4, -0.2) is 88.2 Å². The van der Waals surface area contributed by atoms with Gasteiger partial charge in [0.05, 0.1) is 11.7 Å². The van der Waals surface area contributed by atoms with Crippen LogP contribution in [0.5, 0.6) is 0 Å². The smallest absolute Gasteiger partial charge is 0.318 e. The van der Waals surface area contributed by atoms with Crippen LogP contribution in [0.4, 0.5) is 4.79 Å². The number of nitrogens with one attached hydrogen (secondary N) is 2. The molecule has 3 saturated heterocycles. The van der Waals surface area contributed by atoms with Gasteiger partial charge in [-0.1, -0.05) is 19.4 Å². The fourth-order valence-electron chi connectivity index (χ4n) is 5.96. The molecule has 1 atom stereocenters. The minimum atomic E-state index is -0.558. The van der Waals surface area contributed by atoms with Gasteiger partial charge in [-0.25, -0.2) is 4.79 Å². The van der Waals surface area contributed by atoms with Gasteiger partial charge in [0.15, 0.2) is 0 Å². The molecule has 0 saturated carbocycles. The van der Waals surface area contributed by atoms with E-state index >= 15 is 0 Å². The van der Waals surface area contributed by atoms with Gasteiger partial charge >= 0.3 is 6.03 Å². The fraction of sp³-hybridized carbons (Fsp3) is 0.667. The molecule has 0 spiro atoms. The Balaban J connectivity index is 1.26. The number of hydrogen-bond acceptors (Lipinski definition) is 4. The summed E-state index contributed by atoms with van der Waals surface area (Å²) < 4.78 is 0. The molecule has 3 aliphatic rings. The van der Waals surface area contributed by atoms with Crippen LogP contribution < -0.4 is 5.32 Å². The van der Waals surface area contributed by atoms with E-state index in [4.69, 9.17) is 0 Å². The van der Waals surface area contributed by atoms with Crippen LogP contribution >= 0.6 is 0 Å². The number of benzene rings is 1. The zero-order valence-electron chi connectivity index (χ0n) is 21.0. The average molecular weight is 481 g/mol. The van der Waals surface area contributed by atoms with Crippen LogP contribution in [0, 0.1) is 5.92 Å². The first-order valence-corrected chi connectivity index (χ1v) is 13.6. The van der Waals surface area contributed by atoms with E-state index in [0.717, 1.165) is 68.3 Å². The third kappa shape index (κ3) is 5.80. The van der Waals surface area contributed by atoms with Crippen molar-refractivity contribution in [2.45, 2.75) is 70.4 Å². The number of nitrogens with zero attached hydrogens (tertiary/aromatic N) is 4. The maximum Gasteiger partial charge on any atom is 0.318 e. The summed E-state index contributed by atoms with van der Waals surface area (Å²) in [6.07, 6.45) is 10.3. The Hall–Kier alpha value is -2.61. The molecule has 35 heavy (non-hydrogen) atoms. The van der Waals surface area contributed by atoms with Crippen LogP contribution in [0.3, 0.4) is 0 Å². The summed E-state index contributed by atoms with van der Waals surface area (Å²) in [7, 11) is 0. The number of likely N-dealkylation sites (tertiary alicyclic amines) is 3. The number of hydrogen-bond donors (Lipinski definition) is 2. The summed E-state index contributed by atoms with van der Waals surface area (Å²) in [6.45, 7) is 7.69. The van der Waals surface area contributed by atoms with E-state index < -0.39 is 6.04 Å². The second-order valence-corrected chi connectivity index (χ2v) is 10.8. The number of rotatable bonds is 5. The average Bonchev–Trinajstić information content (AvgIpc) is 3.37. The highest BCUT2D eigenvalue weighted by atomic mass is 16.2. The lowest BCUT2D eigenvalue weighted by Crippen LogP contribution is -2.56. The Morgan fingerprint density at radius 2 is 1.71 bits per heavy atom. The highest BCUT2D eigenvalue weighted by molar-refractivity contribution is 5.88. The van der Waals surface area contributed by atoms with Gasteiger partial charge in [0, 0.05) is 44.0 Å². The molecule has 2 aromatic rings. The topological polar surface area (TPSA) is 84.6 Å². The Kier molecular flexibility index (Phi) is 7.56. The van der Waals surface area contributed by atoms with Gasteiger partial charge in [0.1, 0.15) is 6.04 Å². The molecule has 3 amide bonds. The van der Waals surface area contributed by atoms with Crippen LogP contribution in [0.15, 0.2) is 24.4 Å². The highest BCUT2D eigenvalue weighted by Crippen LogP contribution is 2.23. The number of carbonyl (C=O) groups excluding carboxylic acids is 2. The first-order chi connectivity index (χ1) is 17.1. The van der Waals surface area contributed by atoms with E-state index in [0.29, 0.717) is 18.4 Å². The number of aromatic amines is 1. The van der Waals surface area contributed by atoms with Gasteiger partial charge in [-0.05, 0) is 75.2 Å². The summed E-state index contributed by atoms with van der Waals surface area (Å²) in [5, 5.41) is 11.2. The first kappa shape index (κ1) is 24.1. The lowest BCUT2D eigenvalue weighted by Gasteiger charge is -2.41. The third-order valence-electron chi connectivity index (χ3n) is 8.29. The number of H-pyrrole nitrogens is 1. The van der Waals surface area contributed by atoms with E-state index in [1.807, 2.05) is 21.9 Å². The van der Waals surface area contributed by atoms with Crippen LogP contribution in [-0.2, 0) is 11.2 Å². The number of aromatic nitrogens is 2. The number of carbonyl (C=O) groups is 2. The predicted octanol–water partition coefficient (Wildman–Crippen LogP) is 3.39. The number of urea groups is 1. The minimum Gasteiger partial charge on any atom is -0.341 e. The molecule has 8 nitrogen and oxygen atoms in total. The molecule has 0 radical (unpaired) electrons. The van der Waals surface area contributed by atoms with Crippen molar-refractivity contribution in [2.24, 2.45) is 5.92 Å². The molecule has 0 aliphatic carbocycles. The summed E-state index contributed by atoms with van der Waals surface area (Å²) >= 11 is 0. The lowest BCUT2D eigenvalue weighted by atomic mass is 9.98. The standard InChI is InChI=1S/C27H40N6O2/c1-20-7-13-33(14-8-20)27(35)29-25(18-21-5-6-24-22(17-21)19-28-30-24)26(34)32-15-9-23(10-16-32)31-11-3-2-4-12-31/h5-6,17,19-20,23,25H,2-4,7-16,18H2,1H3,(H,28,30)(H,29,35). The largest absolute Gasteiger partial charge is 0.341 e. The van der Waals surface area contributed by atoms with Crippen molar-refractivity contribution in [1.82, 2.24) is 30.2 Å². The monoisotopic (exact) mass is 480 g/mol. The van der Waals surface area contributed by atoms with E-state index in [1.54, 1.807) is 6.20 Å². The number of fused-ring (bicyclic) bond motifs is 1. The van der Waals surface area contributed by atoms with Crippen molar-refractivity contribution in [3.05, 3.63) is 30.0 Å². The van der Waals surface area contributed by atoms with Crippen molar-refractivity contribution in [3.63, 3.8) is 0 Å². The normalized spacial score (nSPS) is 21.9. The minimum absolute atomic E-state index is 0.0492. The zero-order valence-corrected chi connectivity index (χ0v) is 21.0. The van der Waals surface area contributed by atoms with E-state index in [9.17, 15) is 9.59 Å². The molecule has 1 aromatic carbocycles. The predicted molar refractivity (Wildman–Crippen MR) is 137 cm³/mol.